The molecule has 0 N–H and O–H groups in total. The fraction of sp³-hybridized carbons (Fsp3) is 0.333. The number of amides is 2. The average molecular weight is 406 g/mol. The number of carbonyl (C=O) groups excluding carboxylic acids is 2. The first-order valence-electron chi connectivity index (χ1n) is 9.24. The van der Waals surface area contributed by atoms with Crippen LogP contribution in [0.3, 0.4) is 0 Å². The smallest absolute Gasteiger partial charge is 0.405 e. The SMILES string of the molecule is CN(Cc1ccccc1OC(F)(F)F)C(=O)c1ccc(N2CCCCC2=O)cc1. The van der Waals surface area contributed by atoms with Gasteiger partial charge in [0.1, 0.15) is 5.75 Å². The number of nitrogens with zero attached hydrogens (tertiary/aromatic N) is 2. The lowest BCUT2D eigenvalue weighted by molar-refractivity contribution is -0.275. The van der Waals surface area contributed by atoms with Crippen molar-refractivity contribution in [3.05, 3.63) is 59.7 Å². The number of anilines is 1. The molecule has 3 rings (SSSR count). The fourth-order valence-corrected chi connectivity index (χ4v) is 3.27. The number of rotatable bonds is 5. The molecule has 1 saturated heterocycles. The van der Waals surface area contributed by atoms with Crippen molar-refractivity contribution < 1.29 is 27.5 Å². The van der Waals surface area contributed by atoms with Gasteiger partial charge >= 0.3 is 6.36 Å². The highest BCUT2D eigenvalue weighted by Crippen LogP contribution is 2.27. The third kappa shape index (κ3) is 5.28. The molecule has 2 aromatic carbocycles. The van der Waals surface area contributed by atoms with Crippen LogP contribution >= 0.6 is 0 Å². The number of carbonyl (C=O) groups is 2. The number of hydrogen-bond acceptors (Lipinski definition) is 3. The zero-order chi connectivity index (χ0) is 21.0. The van der Waals surface area contributed by atoms with E-state index in [1.54, 1.807) is 35.2 Å². The van der Waals surface area contributed by atoms with Crippen LogP contribution in [-0.2, 0) is 11.3 Å². The predicted octanol–water partition coefficient (Wildman–Crippen LogP) is 4.37. The first-order chi connectivity index (χ1) is 13.7. The number of ether oxygens (including phenoxy) is 1. The standard InChI is InChI=1S/C21H21F3N2O3/c1-25(14-16-6-2-3-7-18(16)29-21(22,23)24)20(28)15-9-11-17(12-10-15)26-13-5-4-8-19(26)27/h2-3,6-7,9-12H,4-5,8,13-14H2,1H3. The maximum absolute atomic E-state index is 12.7. The van der Waals surface area contributed by atoms with Crippen LogP contribution in [0.4, 0.5) is 18.9 Å². The number of halogens is 3. The van der Waals surface area contributed by atoms with Crippen LogP contribution in [0, 0.1) is 0 Å². The van der Waals surface area contributed by atoms with E-state index in [9.17, 15) is 22.8 Å². The van der Waals surface area contributed by atoms with E-state index in [-0.39, 0.29) is 29.7 Å². The lowest BCUT2D eigenvalue weighted by atomic mass is 10.1. The zero-order valence-electron chi connectivity index (χ0n) is 15.9. The van der Waals surface area contributed by atoms with E-state index in [1.165, 1.54) is 30.1 Å². The van der Waals surface area contributed by atoms with Crippen molar-refractivity contribution in [3.8, 4) is 5.75 Å². The molecule has 1 aliphatic heterocycles. The number of alkyl halides is 3. The van der Waals surface area contributed by atoms with Gasteiger partial charge < -0.3 is 14.5 Å². The highest BCUT2D eigenvalue weighted by Gasteiger charge is 2.32. The molecule has 0 aromatic heterocycles. The molecule has 2 amide bonds. The quantitative estimate of drug-likeness (QED) is 0.741. The molecule has 0 bridgehead atoms. The summed E-state index contributed by atoms with van der Waals surface area (Å²) in [6.07, 6.45) is -2.46. The first-order valence-corrected chi connectivity index (χ1v) is 9.24. The van der Waals surface area contributed by atoms with Crippen molar-refractivity contribution in [1.82, 2.24) is 4.90 Å². The Hall–Kier alpha value is -3.03. The molecule has 5 nitrogen and oxygen atoms in total. The Balaban J connectivity index is 1.70. The molecule has 8 heteroatoms. The molecule has 0 radical (unpaired) electrons. The number of benzene rings is 2. The minimum absolute atomic E-state index is 0.0442. The molecule has 0 atom stereocenters. The van der Waals surface area contributed by atoms with Crippen molar-refractivity contribution in [3.63, 3.8) is 0 Å². The summed E-state index contributed by atoms with van der Waals surface area (Å²) in [5, 5.41) is 0. The van der Waals surface area contributed by atoms with Gasteiger partial charge in [0.2, 0.25) is 5.91 Å². The lowest BCUT2D eigenvalue weighted by Gasteiger charge is -2.27. The van der Waals surface area contributed by atoms with Gasteiger partial charge in [0.25, 0.3) is 5.91 Å². The second-order valence-electron chi connectivity index (χ2n) is 6.87. The van der Waals surface area contributed by atoms with E-state index in [2.05, 4.69) is 4.74 Å². The van der Waals surface area contributed by atoms with Gasteiger partial charge in [-0.05, 0) is 43.2 Å². The highest BCUT2D eigenvalue weighted by molar-refractivity contribution is 5.96. The van der Waals surface area contributed by atoms with Gasteiger partial charge in [0.05, 0.1) is 0 Å². The highest BCUT2D eigenvalue weighted by atomic mass is 19.4. The summed E-state index contributed by atoms with van der Waals surface area (Å²) >= 11 is 0. The molecule has 0 saturated carbocycles. The Morgan fingerprint density at radius 3 is 2.45 bits per heavy atom. The minimum Gasteiger partial charge on any atom is -0.405 e. The molecule has 1 aliphatic rings. The summed E-state index contributed by atoms with van der Waals surface area (Å²) in [5.74, 6) is -0.615. The first kappa shape index (κ1) is 20.7. The predicted molar refractivity (Wildman–Crippen MR) is 102 cm³/mol. The van der Waals surface area contributed by atoms with Gasteiger partial charge in [-0.1, -0.05) is 18.2 Å². The molecule has 0 spiro atoms. The summed E-state index contributed by atoms with van der Waals surface area (Å²) in [6, 6.07) is 12.4. The third-order valence-electron chi connectivity index (χ3n) is 4.70. The van der Waals surface area contributed by atoms with Gasteiger partial charge in [0, 0.05) is 43.4 Å². The van der Waals surface area contributed by atoms with Gasteiger partial charge in [-0.15, -0.1) is 13.2 Å². The number of hydrogen-bond donors (Lipinski definition) is 0. The monoisotopic (exact) mass is 406 g/mol. The second kappa shape index (κ2) is 8.55. The van der Waals surface area contributed by atoms with E-state index >= 15 is 0 Å². The summed E-state index contributed by atoms with van der Waals surface area (Å²) in [4.78, 5) is 27.7. The van der Waals surface area contributed by atoms with Crippen LogP contribution in [0.25, 0.3) is 0 Å². The topological polar surface area (TPSA) is 49.9 Å². The minimum atomic E-state index is -4.81. The Morgan fingerprint density at radius 2 is 1.79 bits per heavy atom. The van der Waals surface area contributed by atoms with E-state index in [1.807, 2.05) is 0 Å². The zero-order valence-corrected chi connectivity index (χ0v) is 15.9. The lowest BCUT2D eigenvalue weighted by Crippen LogP contribution is -2.35. The normalized spacial score (nSPS) is 14.6. The van der Waals surface area contributed by atoms with Crippen LogP contribution in [0.5, 0.6) is 5.75 Å². The molecular weight excluding hydrogens is 385 g/mol. The van der Waals surface area contributed by atoms with Crippen molar-refractivity contribution in [2.75, 3.05) is 18.5 Å². The molecule has 29 heavy (non-hydrogen) atoms. The third-order valence-corrected chi connectivity index (χ3v) is 4.70. The van der Waals surface area contributed by atoms with Gasteiger partial charge in [0.15, 0.2) is 0 Å². The van der Waals surface area contributed by atoms with Crippen LogP contribution in [0.1, 0.15) is 35.2 Å². The fourth-order valence-electron chi connectivity index (χ4n) is 3.27. The maximum Gasteiger partial charge on any atom is 0.573 e. The largest absolute Gasteiger partial charge is 0.573 e. The van der Waals surface area contributed by atoms with E-state index in [0.29, 0.717) is 18.5 Å². The molecule has 154 valence electrons. The summed E-state index contributed by atoms with van der Waals surface area (Å²) < 4.78 is 41.7. The van der Waals surface area contributed by atoms with Gasteiger partial charge in [-0.2, -0.15) is 0 Å². The molecule has 1 heterocycles. The Bertz CT molecular complexity index is 881. The van der Waals surface area contributed by atoms with Crippen molar-refractivity contribution >= 4 is 17.5 Å². The summed E-state index contributed by atoms with van der Waals surface area (Å²) in [7, 11) is 1.51. The van der Waals surface area contributed by atoms with Crippen LogP contribution < -0.4 is 9.64 Å². The molecule has 2 aromatic rings. The maximum atomic E-state index is 12.7. The van der Waals surface area contributed by atoms with Crippen molar-refractivity contribution in [1.29, 1.82) is 0 Å². The van der Waals surface area contributed by atoms with E-state index < -0.39 is 6.36 Å². The second-order valence-corrected chi connectivity index (χ2v) is 6.87. The van der Waals surface area contributed by atoms with Crippen LogP contribution in [0.2, 0.25) is 0 Å². The van der Waals surface area contributed by atoms with E-state index in [4.69, 9.17) is 0 Å². The summed E-state index contributed by atoms with van der Waals surface area (Å²) in [6.45, 7) is 0.611. The summed E-state index contributed by atoms with van der Waals surface area (Å²) in [5.41, 5.74) is 1.36. The molecule has 0 unspecified atom stereocenters. The number of para-hydroxylation sites is 1. The Labute approximate surface area is 166 Å². The van der Waals surface area contributed by atoms with Crippen LogP contribution in [0.15, 0.2) is 48.5 Å². The van der Waals surface area contributed by atoms with Crippen molar-refractivity contribution in [2.24, 2.45) is 0 Å². The van der Waals surface area contributed by atoms with Gasteiger partial charge in [-0.25, -0.2) is 0 Å². The van der Waals surface area contributed by atoms with Crippen molar-refractivity contribution in [2.45, 2.75) is 32.2 Å². The van der Waals surface area contributed by atoms with Gasteiger partial charge in [-0.3, -0.25) is 9.59 Å². The average Bonchev–Trinajstić information content (AvgIpc) is 2.68. The number of piperidine rings is 1. The van der Waals surface area contributed by atoms with Crippen LogP contribution in [-0.4, -0.2) is 36.7 Å². The van der Waals surface area contributed by atoms with E-state index in [0.717, 1.165) is 18.5 Å². The molecule has 1 fully saturated rings. The Morgan fingerprint density at radius 1 is 1.10 bits per heavy atom. The Kier molecular flexibility index (Phi) is 6.10. The molecule has 0 aliphatic carbocycles. The molecular formula is C21H21F3N2O3.